The number of amides is 2. The minimum atomic E-state index is -0.707. The van der Waals surface area contributed by atoms with Gasteiger partial charge in [-0.15, -0.1) is 0 Å². The van der Waals surface area contributed by atoms with Crippen LogP contribution in [0.15, 0.2) is 36.5 Å². The molecule has 2 aliphatic rings. The number of rotatable bonds is 3. The lowest BCUT2D eigenvalue weighted by molar-refractivity contribution is -0.172. The van der Waals surface area contributed by atoms with E-state index in [1.807, 2.05) is 49.1 Å². The predicted molar refractivity (Wildman–Crippen MR) is 98.6 cm³/mol. The number of morpholine rings is 1. The van der Waals surface area contributed by atoms with Crippen molar-refractivity contribution >= 4 is 11.8 Å². The minimum Gasteiger partial charge on any atom is -0.356 e. The number of nitrogens with one attached hydrogen (secondary N) is 1. The van der Waals surface area contributed by atoms with E-state index in [0.29, 0.717) is 13.1 Å². The number of carbonyl (C=O) groups is 2. The monoisotopic (exact) mass is 368 g/mol. The summed E-state index contributed by atoms with van der Waals surface area (Å²) >= 11 is 0. The number of H-pyrrole nitrogens is 1. The lowest BCUT2D eigenvalue weighted by Gasteiger charge is -2.44. The van der Waals surface area contributed by atoms with Crippen molar-refractivity contribution in [3.8, 4) is 0 Å². The molecule has 1 N–H and O–H groups in total. The van der Waals surface area contributed by atoms with Gasteiger partial charge in [-0.1, -0.05) is 30.3 Å². The molecule has 2 amide bonds. The van der Waals surface area contributed by atoms with Gasteiger partial charge in [-0.3, -0.25) is 14.7 Å². The zero-order valence-corrected chi connectivity index (χ0v) is 15.6. The van der Waals surface area contributed by atoms with E-state index >= 15 is 0 Å². The molecule has 7 nitrogen and oxygen atoms in total. The Hall–Kier alpha value is -2.67. The van der Waals surface area contributed by atoms with Crippen LogP contribution < -0.4 is 0 Å². The molecule has 3 heterocycles. The average Bonchev–Trinajstić information content (AvgIpc) is 3.15. The average molecular weight is 368 g/mol. The molecular formula is C20H24N4O3. The van der Waals surface area contributed by atoms with Crippen LogP contribution in [0.25, 0.3) is 0 Å². The smallest absolute Gasteiger partial charge is 0.254 e. The van der Waals surface area contributed by atoms with Gasteiger partial charge in [0.05, 0.1) is 12.2 Å². The SMILES string of the molecule is CC(C)N1C(=O)COC(C(=O)N2CCc3[nH]ncc3C2)C1c1ccccc1. The summed E-state index contributed by atoms with van der Waals surface area (Å²) in [6, 6.07) is 9.23. The Morgan fingerprint density at radius 2 is 2.07 bits per heavy atom. The highest BCUT2D eigenvalue weighted by Gasteiger charge is 2.44. The number of aromatic amines is 1. The zero-order chi connectivity index (χ0) is 19.0. The zero-order valence-electron chi connectivity index (χ0n) is 15.6. The fourth-order valence-electron chi connectivity index (χ4n) is 4.02. The van der Waals surface area contributed by atoms with E-state index in [9.17, 15) is 9.59 Å². The number of hydrogen-bond acceptors (Lipinski definition) is 4. The molecule has 2 aliphatic heterocycles. The van der Waals surface area contributed by atoms with Crippen LogP contribution in [0.5, 0.6) is 0 Å². The summed E-state index contributed by atoms with van der Waals surface area (Å²) in [5.41, 5.74) is 3.04. The van der Waals surface area contributed by atoms with Gasteiger partial charge in [0.1, 0.15) is 6.61 Å². The molecule has 2 aromatic rings. The quantitative estimate of drug-likeness (QED) is 0.894. The van der Waals surface area contributed by atoms with E-state index in [2.05, 4.69) is 10.2 Å². The summed E-state index contributed by atoms with van der Waals surface area (Å²) in [7, 11) is 0. The maximum Gasteiger partial charge on any atom is 0.254 e. The molecule has 0 bridgehead atoms. The van der Waals surface area contributed by atoms with Crippen LogP contribution in [-0.2, 0) is 27.3 Å². The third-order valence-electron chi connectivity index (χ3n) is 5.31. The molecule has 2 atom stereocenters. The highest BCUT2D eigenvalue weighted by Crippen LogP contribution is 2.33. The number of aromatic nitrogens is 2. The summed E-state index contributed by atoms with van der Waals surface area (Å²) in [5, 5.41) is 7.06. The standard InChI is InChI=1S/C20H24N4O3/c1-13(2)24-17(25)12-27-19(18(24)14-6-4-3-5-7-14)20(26)23-9-8-16-15(11-23)10-21-22-16/h3-7,10,13,18-19H,8-9,11-12H2,1-2H3,(H,21,22). The van der Waals surface area contributed by atoms with Gasteiger partial charge >= 0.3 is 0 Å². The Balaban J connectivity index is 1.65. The Morgan fingerprint density at radius 1 is 1.30 bits per heavy atom. The van der Waals surface area contributed by atoms with Crippen LogP contribution in [0.1, 0.15) is 36.7 Å². The maximum atomic E-state index is 13.4. The second-order valence-electron chi connectivity index (χ2n) is 7.37. The Morgan fingerprint density at radius 3 is 2.81 bits per heavy atom. The summed E-state index contributed by atoms with van der Waals surface area (Å²) in [5.74, 6) is -0.160. The van der Waals surface area contributed by atoms with Crippen molar-refractivity contribution in [1.29, 1.82) is 0 Å². The highest BCUT2D eigenvalue weighted by molar-refractivity contribution is 5.86. The van der Waals surface area contributed by atoms with E-state index in [4.69, 9.17) is 4.74 Å². The first-order valence-electron chi connectivity index (χ1n) is 9.34. The van der Waals surface area contributed by atoms with Crippen molar-refractivity contribution < 1.29 is 14.3 Å². The Labute approximate surface area is 158 Å². The third-order valence-corrected chi connectivity index (χ3v) is 5.31. The molecule has 0 spiro atoms. The lowest BCUT2D eigenvalue weighted by atomic mass is 9.94. The van der Waals surface area contributed by atoms with Gasteiger partial charge in [0, 0.05) is 36.8 Å². The third kappa shape index (κ3) is 3.23. The van der Waals surface area contributed by atoms with Crippen LogP contribution in [0.3, 0.4) is 0 Å². The van der Waals surface area contributed by atoms with Gasteiger partial charge < -0.3 is 14.5 Å². The second kappa shape index (κ2) is 7.15. The molecule has 2 unspecified atom stereocenters. The minimum absolute atomic E-state index is 0.0243. The van der Waals surface area contributed by atoms with Crippen molar-refractivity contribution in [3.05, 3.63) is 53.3 Å². The van der Waals surface area contributed by atoms with Crippen molar-refractivity contribution in [1.82, 2.24) is 20.0 Å². The van der Waals surface area contributed by atoms with Crippen molar-refractivity contribution in [2.24, 2.45) is 0 Å². The molecule has 1 aromatic carbocycles. The van der Waals surface area contributed by atoms with Crippen molar-refractivity contribution in [3.63, 3.8) is 0 Å². The van der Waals surface area contributed by atoms with Crippen LogP contribution >= 0.6 is 0 Å². The summed E-state index contributed by atoms with van der Waals surface area (Å²) < 4.78 is 5.82. The summed E-state index contributed by atoms with van der Waals surface area (Å²) in [6.07, 6.45) is 1.81. The molecule has 1 fully saturated rings. The normalized spacial score (nSPS) is 22.9. The largest absolute Gasteiger partial charge is 0.356 e. The molecule has 27 heavy (non-hydrogen) atoms. The van der Waals surface area contributed by atoms with E-state index in [0.717, 1.165) is 23.2 Å². The number of nitrogens with zero attached hydrogens (tertiary/aromatic N) is 3. The fourth-order valence-corrected chi connectivity index (χ4v) is 4.02. The Bertz CT molecular complexity index is 833. The van der Waals surface area contributed by atoms with Gasteiger partial charge in [0.25, 0.3) is 5.91 Å². The van der Waals surface area contributed by atoms with Gasteiger partial charge in [-0.05, 0) is 19.4 Å². The molecule has 1 saturated heterocycles. The van der Waals surface area contributed by atoms with Crippen LogP contribution in [-0.4, -0.2) is 57.1 Å². The summed E-state index contributed by atoms with van der Waals surface area (Å²) in [4.78, 5) is 29.5. The van der Waals surface area contributed by atoms with Crippen LogP contribution in [0, 0.1) is 0 Å². The van der Waals surface area contributed by atoms with Gasteiger partial charge in [0.2, 0.25) is 5.91 Å². The van der Waals surface area contributed by atoms with Crippen LogP contribution in [0.2, 0.25) is 0 Å². The molecule has 7 heteroatoms. The Kier molecular flexibility index (Phi) is 4.70. The topological polar surface area (TPSA) is 78.5 Å². The van der Waals surface area contributed by atoms with E-state index < -0.39 is 12.1 Å². The van der Waals surface area contributed by atoms with Gasteiger partial charge in [-0.2, -0.15) is 5.10 Å². The maximum absolute atomic E-state index is 13.4. The molecule has 0 radical (unpaired) electrons. The molecule has 0 aliphatic carbocycles. The number of fused-ring (bicyclic) bond motifs is 1. The molecule has 4 rings (SSSR count). The highest BCUT2D eigenvalue weighted by atomic mass is 16.5. The molecular weight excluding hydrogens is 344 g/mol. The van der Waals surface area contributed by atoms with Gasteiger partial charge in [-0.25, -0.2) is 0 Å². The number of carbonyl (C=O) groups excluding carboxylic acids is 2. The first-order chi connectivity index (χ1) is 13.1. The second-order valence-corrected chi connectivity index (χ2v) is 7.37. The van der Waals surface area contributed by atoms with Gasteiger partial charge in [0.15, 0.2) is 6.10 Å². The predicted octanol–water partition coefficient (Wildman–Crippen LogP) is 1.67. The van der Waals surface area contributed by atoms with Crippen molar-refractivity contribution in [2.75, 3.05) is 13.2 Å². The summed E-state index contributed by atoms with van der Waals surface area (Å²) in [6.45, 7) is 5.01. The lowest BCUT2D eigenvalue weighted by Crippen LogP contribution is -2.57. The first-order valence-corrected chi connectivity index (χ1v) is 9.34. The molecule has 0 saturated carbocycles. The fraction of sp³-hybridized carbons (Fsp3) is 0.450. The first kappa shape index (κ1) is 17.7. The van der Waals surface area contributed by atoms with Crippen LogP contribution in [0.4, 0.5) is 0 Å². The van der Waals surface area contributed by atoms with E-state index in [1.165, 1.54) is 0 Å². The van der Waals surface area contributed by atoms with E-state index in [-0.39, 0.29) is 24.5 Å². The number of hydrogen-bond donors (Lipinski definition) is 1. The number of benzene rings is 1. The molecule has 1 aromatic heterocycles. The number of ether oxygens (including phenoxy) is 1. The van der Waals surface area contributed by atoms with Crippen molar-refractivity contribution in [2.45, 2.75) is 45.0 Å². The molecule has 142 valence electrons. The van der Waals surface area contributed by atoms with E-state index in [1.54, 1.807) is 11.1 Å².